The second-order valence-corrected chi connectivity index (χ2v) is 7.15. The van der Waals surface area contributed by atoms with Gasteiger partial charge in [0, 0.05) is 29.4 Å². The number of ether oxygens (including phenoxy) is 2. The zero-order chi connectivity index (χ0) is 21.2. The summed E-state index contributed by atoms with van der Waals surface area (Å²) in [4.78, 5) is 24.4. The molecule has 2 aromatic rings. The van der Waals surface area contributed by atoms with Crippen LogP contribution in [0.1, 0.15) is 27.6 Å². The maximum absolute atomic E-state index is 12.6. The van der Waals surface area contributed by atoms with E-state index in [9.17, 15) is 9.59 Å². The van der Waals surface area contributed by atoms with Crippen LogP contribution < -0.4 is 20.7 Å². The highest BCUT2D eigenvalue weighted by Crippen LogP contribution is 2.23. The third-order valence-corrected chi connectivity index (χ3v) is 4.40. The Labute approximate surface area is 183 Å². The van der Waals surface area contributed by atoms with Crippen LogP contribution >= 0.6 is 28.1 Å². The Balaban J connectivity index is 2.01. The Morgan fingerprint density at radius 1 is 1.07 bits per heavy atom. The Kier molecular flexibility index (Phi) is 9.04. The first-order chi connectivity index (χ1) is 13.9. The van der Waals surface area contributed by atoms with Crippen LogP contribution in [-0.4, -0.2) is 43.8 Å². The van der Waals surface area contributed by atoms with Crippen LogP contribution in [0.25, 0.3) is 0 Å². The van der Waals surface area contributed by atoms with Gasteiger partial charge in [-0.3, -0.25) is 14.9 Å². The average Bonchev–Trinajstić information content (AvgIpc) is 2.69. The van der Waals surface area contributed by atoms with E-state index in [1.54, 1.807) is 49.6 Å². The van der Waals surface area contributed by atoms with Gasteiger partial charge >= 0.3 is 0 Å². The fraction of sp³-hybridized carbons (Fsp3) is 0.250. The molecule has 0 aromatic heterocycles. The van der Waals surface area contributed by atoms with Crippen molar-refractivity contribution >= 4 is 50.8 Å². The van der Waals surface area contributed by atoms with Crippen molar-refractivity contribution in [2.75, 3.05) is 32.2 Å². The van der Waals surface area contributed by atoms with E-state index in [2.05, 4.69) is 31.9 Å². The maximum Gasteiger partial charge on any atom is 0.261 e. The number of thiocarbonyl (C=S) groups is 1. The highest BCUT2D eigenvalue weighted by molar-refractivity contribution is 9.10. The molecule has 29 heavy (non-hydrogen) atoms. The molecule has 0 radical (unpaired) electrons. The largest absolute Gasteiger partial charge is 0.490 e. The number of hydrogen-bond donors (Lipinski definition) is 3. The number of rotatable bonds is 8. The standard InChI is InChI=1S/C20H22BrN3O4S/c1-3-22-18(25)13-4-7-15(8-5-13)23-20(29)24-19(26)16-12-14(21)6-9-17(16)28-11-10-27-2/h4-9,12H,3,10-11H2,1-2H3,(H,22,25)(H2,23,24,26,29). The Hall–Kier alpha value is -2.49. The molecule has 0 heterocycles. The average molecular weight is 480 g/mol. The summed E-state index contributed by atoms with van der Waals surface area (Å²) in [5.74, 6) is -0.127. The third-order valence-electron chi connectivity index (χ3n) is 3.70. The van der Waals surface area contributed by atoms with Gasteiger partial charge in [-0.25, -0.2) is 0 Å². The molecule has 0 spiro atoms. The highest BCUT2D eigenvalue weighted by atomic mass is 79.9. The first-order valence-corrected chi connectivity index (χ1v) is 10.1. The molecular weight excluding hydrogens is 458 g/mol. The summed E-state index contributed by atoms with van der Waals surface area (Å²) in [6.07, 6.45) is 0. The lowest BCUT2D eigenvalue weighted by Gasteiger charge is -2.13. The SMILES string of the molecule is CCNC(=O)c1ccc(NC(=S)NC(=O)c2cc(Br)ccc2OCCOC)cc1. The quantitative estimate of drug-likeness (QED) is 0.397. The summed E-state index contributed by atoms with van der Waals surface area (Å²) in [5.41, 5.74) is 1.53. The minimum Gasteiger partial charge on any atom is -0.490 e. The zero-order valence-corrected chi connectivity index (χ0v) is 18.5. The molecule has 0 saturated carbocycles. The van der Waals surface area contributed by atoms with E-state index in [4.69, 9.17) is 21.7 Å². The van der Waals surface area contributed by atoms with Crippen molar-refractivity contribution in [2.45, 2.75) is 6.92 Å². The molecule has 0 fully saturated rings. The van der Waals surface area contributed by atoms with Gasteiger partial charge in [-0.05, 0) is 61.6 Å². The molecule has 0 aliphatic carbocycles. The molecule has 0 atom stereocenters. The molecular formula is C20H22BrN3O4S. The highest BCUT2D eigenvalue weighted by Gasteiger charge is 2.15. The van der Waals surface area contributed by atoms with Crippen molar-refractivity contribution in [2.24, 2.45) is 0 Å². The molecule has 0 bridgehead atoms. The molecule has 154 valence electrons. The number of methoxy groups -OCH3 is 1. The Morgan fingerprint density at radius 3 is 2.45 bits per heavy atom. The van der Waals surface area contributed by atoms with Crippen LogP contribution in [0.3, 0.4) is 0 Å². The first-order valence-electron chi connectivity index (χ1n) is 8.86. The minimum absolute atomic E-state index is 0.128. The topological polar surface area (TPSA) is 88.7 Å². The smallest absolute Gasteiger partial charge is 0.261 e. The zero-order valence-electron chi connectivity index (χ0n) is 16.1. The summed E-state index contributed by atoms with van der Waals surface area (Å²) in [6.45, 7) is 3.14. The van der Waals surface area contributed by atoms with Gasteiger partial charge in [-0.1, -0.05) is 15.9 Å². The summed E-state index contributed by atoms with van der Waals surface area (Å²) < 4.78 is 11.3. The Morgan fingerprint density at radius 2 is 1.79 bits per heavy atom. The van der Waals surface area contributed by atoms with Gasteiger partial charge in [0.2, 0.25) is 0 Å². The van der Waals surface area contributed by atoms with Gasteiger partial charge in [0.1, 0.15) is 12.4 Å². The van der Waals surface area contributed by atoms with Crippen molar-refractivity contribution in [1.29, 1.82) is 0 Å². The van der Waals surface area contributed by atoms with Gasteiger partial charge in [0.25, 0.3) is 11.8 Å². The van der Waals surface area contributed by atoms with Crippen LogP contribution in [0.15, 0.2) is 46.9 Å². The minimum atomic E-state index is -0.407. The molecule has 2 rings (SSSR count). The van der Waals surface area contributed by atoms with Crippen molar-refractivity contribution < 1.29 is 19.1 Å². The Bertz CT molecular complexity index is 875. The summed E-state index contributed by atoms with van der Waals surface area (Å²) in [6, 6.07) is 11.9. The maximum atomic E-state index is 12.6. The molecule has 7 nitrogen and oxygen atoms in total. The van der Waals surface area contributed by atoms with Gasteiger partial charge in [0.05, 0.1) is 12.2 Å². The van der Waals surface area contributed by atoms with Crippen LogP contribution in [0.4, 0.5) is 5.69 Å². The molecule has 2 amide bonds. The number of carbonyl (C=O) groups is 2. The second-order valence-electron chi connectivity index (χ2n) is 5.83. The first kappa shape index (κ1) is 22.8. The van der Waals surface area contributed by atoms with Crippen LogP contribution in [0, 0.1) is 0 Å². The number of benzene rings is 2. The fourth-order valence-corrected chi connectivity index (χ4v) is 2.91. The van der Waals surface area contributed by atoms with Crippen LogP contribution in [0.2, 0.25) is 0 Å². The number of halogens is 1. The van der Waals surface area contributed by atoms with Crippen molar-refractivity contribution in [3.63, 3.8) is 0 Å². The molecule has 3 N–H and O–H groups in total. The van der Waals surface area contributed by atoms with E-state index >= 15 is 0 Å². The lowest BCUT2D eigenvalue weighted by molar-refractivity contribution is 0.0952. The monoisotopic (exact) mass is 479 g/mol. The summed E-state index contributed by atoms with van der Waals surface area (Å²) in [5, 5.41) is 8.41. The lowest BCUT2D eigenvalue weighted by atomic mass is 10.2. The predicted octanol–water partition coefficient (Wildman–Crippen LogP) is 3.35. The molecule has 9 heteroatoms. The predicted molar refractivity (Wildman–Crippen MR) is 120 cm³/mol. The van der Waals surface area contributed by atoms with Crippen molar-refractivity contribution in [3.05, 3.63) is 58.1 Å². The van der Waals surface area contributed by atoms with E-state index < -0.39 is 5.91 Å². The summed E-state index contributed by atoms with van der Waals surface area (Å²) >= 11 is 8.58. The molecule has 0 unspecified atom stereocenters. The van der Waals surface area contributed by atoms with Gasteiger partial charge in [0.15, 0.2) is 5.11 Å². The second kappa shape index (κ2) is 11.5. The van der Waals surface area contributed by atoms with Gasteiger partial charge in [-0.2, -0.15) is 0 Å². The van der Waals surface area contributed by atoms with E-state index in [0.717, 1.165) is 4.47 Å². The normalized spacial score (nSPS) is 10.2. The number of amides is 2. The number of hydrogen-bond acceptors (Lipinski definition) is 5. The number of anilines is 1. The van der Waals surface area contributed by atoms with Gasteiger partial charge < -0.3 is 20.1 Å². The number of carbonyl (C=O) groups excluding carboxylic acids is 2. The summed E-state index contributed by atoms with van der Waals surface area (Å²) in [7, 11) is 1.57. The van der Waals surface area contributed by atoms with Crippen molar-refractivity contribution in [1.82, 2.24) is 10.6 Å². The third kappa shape index (κ3) is 7.12. The van der Waals surface area contributed by atoms with Crippen molar-refractivity contribution in [3.8, 4) is 5.75 Å². The molecule has 2 aromatic carbocycles. The fourth-order valence-electron chi connectivity index (χ4n) is 2.34. The van der Waals surface area contributed by atoms with E-state index in [-0.39, 0.29) is 11.0 Å². The van der Waals surface area contributed by atoms with E-state index in [1.807, 2.05) is 6.92 Å². The number of nitrogens with one attached hydrogen (secondary N) is 3. The van der Waals surface area contributed by atoms with Gasteiger partial charge in [-0.15, -0.1) is 0 Å². The molecule has 0 aliphatic heterocycles. The van der Waals surface area contributed by atoms with E-state index in [0.29, 0.717) is 42.3 Å². The van der Waals surface area contributed by atoms with Crippen LogP contribution in [-0.2, 0) is 4.74 Å². The lowest BCUT2D eigenvalue weighted by Crippen LogP contribution is -2.34. The van der Waals surface area contributed by atoms with E-state index in [1.165, 1.54) is 0 Å². The van der Waals surface area contributed by atoms with Crippen LogP contribution in [0.5, 0.6) is 5.75 Å². The molecule has 0 saturated heterocycles. The molecule has 0 aliphatic rings.